The number of piperidine rings is 1. The van der Waals surface area contributed by atoms with Gasteiger partial charge in [0.15, 0.2) is 0 Å². The van der Waals surface area contributed by atoms with Crippen molar-refractivity contribution in [1.82, 2.24) is 9.80 Å². The topological polar surface area (TPSA) is 84.0 Å². The van der Waals surface area contributed by atoms with Crippen molar-refractivity contribution in [2.24, 2.45) is 0 Å². The van der Waals surface area contributed by atoms with E-state index in [0.717, 1.165) is 5.56 Å². The predicted molar refractivity (Wildman–Crippen MR) is 110 cm³/mol. The number of hydrogen-bond donors (Lipinski definition) is 0. The summed E-state index contributed by atoms with van der Waals surface area (Å²) in [5.41, 5.74) is 1.74. The van der Waals surface area contributed by atoms with E-state index in [9.17, 15) is 19.2 Å². The highest BCUT2D eigenvalue weighted by molar-refractivity contribution is 6.21. The Morgan fingerprint density at radius 2 is 1.45 bits per heavy atom. The summed E-state index contributed by atoms with van der Waals surface area (Å²) in [4.78, 5) is 52.7. The number of amides is 3. The van der Waals surface area contributed by atoms with Gasteiger partial charge in [-0.05, 0) is 24.6 Å². The predicted octanol–water partition coefficient (Wildman–Crippen LogP) is 2.75. The van der Waals surface area contributed by atoms with Crippen LogP contribution in [0.3, 0.4) is 0 Å². The number of esters is 1. The van der Waals surface area contributed by atoms with Crippen LogP contribution in [0, 0.1) is 0 Å². The number of rotatable bonds is 4. The molecule has 31 heavy (non-hydrogen) atoms. The van der Waals surface area contributed by atoms with Crippen LogP contribution in [0.4, 0.5) is 0 Å². The smallest absolute Gasteiger partial charge is 0.339 e. The minimum absolute atomic E-state index is 0.0101. The average molecular weight is 418 g/mol. The fourth-order valence-electron chi connectivity index (χ4n) is 4.82. The maximum Gasteiger partial charge on any atom is 0.339 e. The molecule has 158 valence electrons. The third-order valence-corrected chi connectivity index (χ3v) is 6.50. The number of nitrogens with zero attached hydrogens (tertiary/aromatic N) is 2. The van der Waals surface area contributed by atoms with E-state index in [1.807, 2.05) is 18.2 Å². The Balaban J connectivity index is 1.15. The first-order valence-corrected chi connectivity index (χ1v) is 10.6. The summed E-state index contributed by atoms with van der Waals surface area (Å²) in [6.45, 7) is 1.24. The van der Waals surface area contributed by atoms with E-state index in [0.29, 0.717) is 49.0 Å². The second-order valence-corrected chi connectivity index (χ2v) is 8.22. The third kappa shape index (κ3) is 3.12. The number of benzene rings is 2. The van der Waals surface area contributed by atoms with Crippen LogP contribution in [0.15, 0.2) is 48.5 Å². The molecule has 3 amide bonds. The fraction of sp³-hybridized carbons (Fsp3) is 0.333. The molecule has 1 fully saturated rings. The van der Waals surface area contributed by atoms with Crippen LogP contribution >= 0.6 is 0 Å². The SMILES string of the molecule is O=C1OC2(CCN(C(=O)CCCN3C(=O)c4ccccc4C3=O)CC2)c2ccccc21. The van der Waals surface area contributed by atoms with Gasteiger partial charge in [-0.2, -0.15) is 0 Å². The Morgan fingerprint density at radius 1 is 0.871 bits per heavy atom. The molecule has 0 unspecified atom stereocenters. The van der Waals surface area contributed by atoms with E-state index in [4.69, 9.17) is 4.74 Å². The molecule has 2 aromatic rings. The van der Waals surface area contributed by atoms with Gasteiger partial charge in [-0.3, -0.25) is 19.3 Å². The van der Waals surface area contributed by atoms with Gasteiger partial charge < -0.3 is 9.64 Å². The van der Waals surface area contributed by atoms with Crippen molar-refractivity contribution < 1.29 is 23.9 Å². The molecular formula is C24H22N2O5. The van der Waals surface area contributed by atoms with Gasteiger partial charge in [0, 0.05) is 44.5 Å². The van der Waals surface area contributed by atoms with Crippen molar-refractivity contribution in [1.29, 1.82) is 0 Å². The van der Waals surface area contributed by atoms with Crippen molar-refractivity contribution in [2.45, 2.75) is 31.3 Å². The van der Waals surface area contributed by atoms with Crippen molar-refractivity contribution in [2.75, 3.05) is 19.6 Å². The first-order valence-electron chi connectivity index (χ1n) is 10.6. The van der Waals surface area contributed by atoms with E-state index in [2.05, 4.69) is 0 Å². The minimum Gasteiger partial charge on any atom is -0.450 e. The summed E-state index contributed by atoms with van der Waals surface area (Å²) in [6, 6.07) is 14.2. The molecule has 1 spiro atoms. The molecular weight excluding hydrogens is 396 g/mol. The number of fused-ring (bicyclic) bond motifs is 3. The Morgan fingerprint density at radius 3 is 2.10 bits per heavy atom. The molecule has 0 aliphatic carbocycles. The molecule has 1 saturated heterocycles. The number of hydrogen-bond acceptors (Lipinski definition) is 5. The lowest BCUT2D eigenvalue weighted by molar-refractivity contribution is -0.135. The zero-order valence-corrected chi connectivity index (χ0v) is 17.0. The summed E-state index contributed by atoms with van der Waals surface area (Å²) >= 11 is 0. The Kier molecular flexibility index (Phi) is 4.61. The van der Waals surface area contributed by atoms with Gasteiger partial charge in [-0.25, -0.2) is 4.79 Å². The highest BCUT2D eigenvalue weighted by atomic mass is 16.6. The van der Waals surface area contributed by atoms with Gasteiger partial charge in [0.2, 0.25) is 5.91 Å². The lowest BCUT2D eigenvalue weighted by Gasteiger charge is -2.38. The molecule has 7 heteroatoms. The van der Waals surface area contributed by atoms with E-state index in [-0.39, 0.29) is 36.7 Å². The Labute approximate surface area is 179 Å². The molecule has 5 rings (SSSR count). The Hall–Kier alpha value is -3.48. The molecule has 0 aromatic heterocycles. The standard InChI is InChI=1S/C24H22N2O5/c27-20(10-5-13-26-21(28)16-6-1-2-7-17(16)22(26)29)25-14-11-24(12-15-25)19-9-4-3-8-18(19)23(30)31-24/h1-4,6-9H,5,10-15H2. The Bertz CT molecular complexity index is 1070. The monoisotopic (exact) mass is 418 g/mol. The van der Waals surface area contributed by atoms with Crippen molar-refractivity contribution in [3.63, 3.8) is 0 Å². The van der Waals surface area contributed by atoms with E-state index >= 15 is 0 Å². The zero-order chi connectivity index (χ0) is 21.6. The number of imide groups is 1. The van der Waals surface area contributed by atoms with E-state index in [1.165, 1.54) is 4.90 Å². The summed E-state index contributed by atoms with van der Waals surface area (Å²) in [5.74, 6) is -0.898. The van der Waals surface area contributed by atoms with E-state index in [1.54, 1.807) is 35.2 Å². The fourth-order valence-corrected chi connectivity index (χ4v) is 4.82. The van der Waals surface area contributed by atoms with Crippen LogP contribution in [0.5, 0.6) is 0 Å². The van der Waals surface area contributed by atoms with Gasteiger partial charge in [-0.15, -0.1) is 0 Å². The second kappa shape index (κ2) is 7.34. The molecule has 3 aliphatic heterocycles. The van der Waals surface area contributed by atoms with Gasteiger partial charge in [0.05, 0.1) is 16.7 Å². The van der Waals surface area contributed by atoms with Crippen LogP contribution in [0.25, 0.3) is 0 Å². The maximum absolute atomic E-state index is 12.7. The largest absolute Gasteiger partial charge is 0.450 e. The van der Waals surface area contributed by atoms with Crippen molar-refractivity contribution >= 4 is 23.7 Å². The number of likely N-dealkylation sites (tertiary alicyclic amines) is 1. The first-order chi connectivity index (χ1) is 15.0. The van der Waals surface area contributed by atoms with Crippen LogP contribution in [-0.4, -0.2) is 53.1 Å². The van der Waals surface area contributed by atoms with Gasteiger partial charge in [0.1, 0.15) is 5.60 Å². The number of carbonyl (C=O) groups excluding carboxylic acids is 4. The highest BCUT2D eigenvalue weighted by Crippen LogP contribution is 2.44. The van der Waals surface area contributed by atoms with Gasteiger partial charge in [0.25, 0.3) is 11.8 Å². The summed E-state index contributed by atoms with van der Waals surface area (Å²) in [7, 11) is 0. The van der Waals surface area contributed by atoms with Crippen LogP contribution in [0.2, 0.25) is 0 Å². The second-order valence-electron chi connectivity index (χ2n) is 8.22. The average Bonchev–Trinajstić information content (AvgIpc) is 3.20. The van der Waals surface area contributed by atoms with Crippen LogP contribution in [-0.2, 0) is 15.1 Å². The van der Waals surface area contributed by atoms with Crippen LogP contribution < -0.4 is 0 Å². The molecule has 0 N–H and O–H groups in total. The van der Waals surface area contributed by atoms with Crippen molar-refractivity contribution in [3.05, 3.63) is 70.8 Å². The highest BCUT2D eigenvalue weighted by Gasteiger charge is 2.47. The minimum atomic E-state index is -0.634. The molecule has 0 saturated carbocycles. The lowest BCUT2D eigenvalue weighted by Crippen LogP contribution is -2.45. The third-order valence-electron chi connectivity index (χ3n) is 6.50. The molecule has 3 heterocycles. The molecule has 7 nitrogen and oxygen atoms in total. The quantitative estimate of drug-likeness (QED) is 0.563. The summed E-state index contributed by atoms with van der Waals surface area (Å²) in [6.07, 6.45) is 1.82. The summed E-state index contributed by atoms with van der Waals surface area (Å²) < 4.78 is 5.73. The molecule has 3 aliphatic rings. The summed E-state index contributed by atoms with van der Waals surface area (Å²) in [5, 5.41) is 0. The van der Waals surface area contributed by atoms with E-state index < -0.39 is 5.60 Å². The maximum atomic E-state index is 12.7. The molecule has 0 atom stereocenters. The molecule has 2 aromatic carbocycles. The first kappa shape index (κ1) is 19.5. The van der Waals surface area contributed by atoms with Crippen LogP contribution in [0.1, 0.15) is 62.3 Å². The zero-order valence-electron chi connectivity index (χ0n) is 17.0. The normalized spacial score (nSPS) is 18.9. The van der Waals surface area contributed by atoms with Gasteiger partial charge >= 0.3 is 5.97 Å². The molecule has 0 radical (unpaired) electrons. The molecule has 0 bridgehead atoms. The number of carbonyl (C=O) groups is 4. The van der Waals surface area contributed by atoms with Crippen molar-refractivity contribution in [3.8, 4) is 0 Å². The van der Waals surface area contributed by atoms with Gasteiger partial charge in [-0.1, -0.05) is 30.3 Å². The lowest BCUT2D eigenvalue weighted by atomic mass is 9.83. The number of ether oxygens (including phenoxy) is 1.